The third-order valence-corrected chi connectivity index (χ3v) is 4.67. The van der Waals surface area contributed by atoms with Crippen LogP contribution in [0.1, 0.15) is 18.4 Å². The molecule has 1 saturated heterocycles. The minimum atomic E-state index is -4.87. The van der Waals surface area contributed by atoms with Crippen LogP contribution in [0.15, 0.2) is 30.3 Å². The number of hydrogen-bond acceptors (Lipinski definition) is 2. The standard InChI is InChI=1S/C15H14F3NO3/c16-15(17,18)11(20)19-8-13(9-19)6-14(7-13,12(21)22)10-4-2-1-3-5-10/h1-5H,6-9H2,(H,21,22). The number of alkyl halides is 3. The Hall–Kier alpha value is -2.05. The molecular formula is C15H14F3NO3. The van der Waals surface area contributed by atoms with Crippen LogP contribution in [-0.4, -0.2) is 41.1 Å². The van der Waals surface area contributed by atoms with E-state index in [2.05, 4.69) is 0 Å². The Balaban J connectivity index is 1.71. The molecule has 0 aromatic heterocycles. The van der Waals surface area contributed by atoms with Crippen molar-refractivity contribution < 1.29 is 27.9 Å². The highest BCUT2D eigenvalue weighted by Gasteiger charge is 2.66. The maximum Gasteiger partial charge on any atom is 0.471 e. The average molecular weight is 313 g/mol. The van der Waals surface area contributed by atoms with Gasteiger partial charge in [-0.1, -0.05) is 30.3 Å². The summed E-state index contributed by atoms with van der Waals surface area (Å²) in [4.78, 5) is 23.5. The molecule has 1 saturated carbocycles. The van der Waals surface area contributed by atoms with Gasteiger partial charge in [0.05, 0.1) is 5.41 Å². The van der Waals surface area contributed by atoms with Gasteiger partial charge < -0.3 is 10.0 Å². The molecule has 0 bridgehead atoms. The first-order valence-corrected chi connectivity index (χ1v) is 6.84. The van der Waals surface area contributed by atoms with Crippen LogP contribution < -0.4 is 0 Å². The number of carboxylic acids is 1. The van der Waals surface area contributed by atoms with Gasteiger partial charge in [-0.05, 0) is 18.4 Å². The molecule has 1 spiro atoms. The van der Waals surface area contributed by atoms with Crippen molar-refractivity contribution in [3.63, 3.8) is 0 Å². The Kier molecular flexibility index (Phi) is 3.02. The first kappa shape index (κ1) is 14.9. The Morgan fingerprint density at radius 3 is 2.09 bits per heavy atom. The topological polar surface area (TPSA) is 57.6 Å². The van der Waals surface area contributed by atoms with E-state index in [0.717, 1.165) is 4.90 Å². The smallest absolute Gasteiger partial charge is 0.471 e. The predicted octanol–water partition coefficient (Wildman–Crippen LogP) is 2.19. The van der Waals surface area contributed by atoms with Gasteiger partial charge in [-0.25, -0.2) is 0 Å². The Morgan fingerprint density at radius 2 is 1.64 bits per heavy atom. The van der Waals surface area contributed by atoms with Crippen molar-refractivity contribution >= 4 is 11.9 Å². The molecule has 1 N–H and O–H groups in total. The van der Waals surface area contributed by atoms with Gasteiger partial charge in [-0.2, -0.15) is 13.2 Å². The zero-order valence-corrected chi connectivity index (χ0v) is 11.6. The monoisotopic (exact) mass is 313 g/mol. The first-order valence-electron chi connectivity index (χ1n) is 6.84. The van der Waals surface area contributed by atoms with E-state index in [4.69, 9.17) is 0 Å². The summed E-state index contributed by atoms with van der Waals surface area (Å²) in [6.45, 7) is -0.0413. The second-order valence-electron chi connectivity index (χ2n) is 6.27. The number of likely N-dealkylation sites (tertiary alicyclic amines) is 1. The van der Waals surface area contributed by atoms with E-state index in [1.807, 2.05) is 0 Å². The molecule has 0 radical (unpaired) electrons. The van der Waals surface area contributed by atoms with Crippen LogP contribution in [0.2, 0.25) is 0 Å². The van der Waals surface area contributed by atoms with Gasteiger partial charge in [-0.15, -0.1) is 0 Å². The lowest BCUT2D eigenvalue weighted by Gasteiger charge is -2.62. The Labute approximate surface area is 124 Å². The second kappa shape index (κ2) is 4.47. The normalized spacial score (nSPS) is 21.9. The molecule has 0 unspecified atom stereocenters. The maximum atomic E-state index is 12.4. The number of rotatable bonds is 2. The SMILES string of the molecule is O=C(N1CC2(C1)CC(C(=O)O)(c1ccccc1)C2)C(F)(F)F. The number of benzene rings is 1. The fraction of sp³-hybridized carbons (Fsp3) is 0.467. The molecule has 3 rings (SSSR count). The van der Waals surface area contributed by atoms with E-state index in [9.17, 15) is 27.9 Å². The van der Waals surface area contributed by atoms with Crippen LogP contribution in [0.4, 0.5) is 13.2 Å². The highest BCUT2D eigenvalue weighted by molar-refractivity contribution is 5.85. The molecule has 7 heteroatoms. The Bertz CT molecular complexity index is 613. The predicted molar refractivity (Wildman–Crippen MR) is 70.1 cm³/mol. The molecule has 2 fully saturated rings. The minimum absolute atomic E-state index is 0.0206. The summed E-state index contributed by atoms with van der Waals surface area (Å²) < 4.78 is 37.1. The number of carbonyl (C=O) groups is 2. The fourth-order valence-electron chi connectivity index (χ4n) is 3.77. The van der Waals surface area contributed by atoms with E-state index < -0.39 is 28.9 Å². The van der Waals surface area contributed by atoms with Crippen LogP contribution >= 0.6 is 0 Å². The van der Waals surface area contributed by atoms with Gasteiger partial charge in [0.25, 0.3) is 0 Å². The van der Waals surface area contributed by atoms with Crippen molar-refractivity contribution in [3.05, 3.63) is 35.9 Å². The van der Waals surface area contributed by atoms with Crippen LogP contribution in [0.5, 0.6) is 0 Å². The van der Waals surface area contributed by atoms with Gasteiger partial charge in [0, 0.05) is 18.5 Å². The number of carboxylic acid groups (broad SMARTS) is 1. The number of nitrogens with zero attached hydrogens (tertiary/aromatic N) is 1. The summed E-state index contributed by atoms with van der Waals surface area (Å²) in [6, 6.07) is 8.70. The number of hydrogen-bond donors (Lipinski definition) is 1. The summed E-state index contributed by atoms with van der Waals surface area (Å²) in [5, 5.41) is 9.53. The summed E-state index contributed by atoms with van der Waals surface area (Å²) in [6.07, 6.45) is -4.34. The molecule has 1 aliphatic heterocycles. The number of carbonyl (C=O) groups excluding carboxylic acids is 1. The molecule has 1 aromatic carbocycles. The third kappa shape index (κ3) is 2.07. The third-order valence-electron chi connectivity index (χ3n) is 4.67. The van der Waals surface area contributed by atoms with Crippen LogP contribution in [0, 0.1) is 5.41 Å². The lowest BCUT2D eigenvalue weighted by molar-refractivity contribution is -0.207. The van der Waals surface area contributed by atoms with E-state index >= 15 is 0 Å². The van der Waals surface area contributed by atoms with Gasteiger partial charge >= 0.3 is 18.1 Å². The van der Waals surface area contributed by atoms with Crippen molar-refractivity contribution in [2.75, 3.05) is 13.1 Å². The molecule has 4 nitrogen and oxygen atoms in total. The largest absolute Gasteiger partial charge is 0.481 e. The molecule has 118 valence electrons. The lowest BCUT2D eigenvalue weighted by atomic mass is 9.47. The zero-order valence-electron chi connectivity index (χ0n) is 11.6. The van der Waals surface area contributed by atoms with Crippen molar-refractivity contribution in [2.24, 2.45) is 5.41 Å². The maximum absolute atomic E-state index is 12.4. The summed E-state index contributed by atoms with van der Waals surface area (Å²) in [7, 11) is 0. The van der Waals surface area contributed by atoms with Crippen LogP contribution in [0.3, 0.4) is 0 Å². The second-order valence-corrected chi connectivity index (χ2v) is 6.27. The van der Waals surface area contributed by atoms with E-state index in [-0.39, 0.29) is 25.9 Å². The first-order chi connectivity index (χ1) is 10.2. The van der Waals surface area contributed by atoms with Gasteiger partial charge in [0.1, 0.15) is 0 Å². The average Bonchev–Trinajstić information content (AvgIpc) is 2.35. The van der Waals surface area contributed by atoms with Crippen molar-refractivity contribution in [3.8, 4) is 0 Å². The summed E-state index contributed by atoms with van der Waals surface area (Å²) in [5.74, 6) is -2.81. The zero-order chi connectivity index (χ0) is 16.2. The number of aliphatic carboxylic acids is 1. The quantitative estimate of drug-likeness (QED) is 0.910. The van der Waals surface area contributed by atoms with Crippen molar-refractivity contribution in [1.29, 1.82) is 0 Å². The Morgan fingerprint density at radius 1 is 1.09 bits per heavy atom. The molecule has 2 aliphatic rings. The molecule has 1 aromatic rings. The highest BCUT2D eigenvalue weighted by atomic mass is 19.4. The molecule has 1 heterocycles. The summed E-state index contributed by atoms with van der Waals surface area (Å²) in [5.41, 5.74) is -0.877. The van der Waals surface area contributed by atoms with E-state index in [1.54, 1.807) is 30.3 Å². The molecular weight excluding hydrogens is 299 g/mol. The lowest BCUT2D eigenvalue weighted by Crippen LogP contribution is -2.70. The van der Waals surface area contributed by atoms with Crippen LogP contribution in [-0.2, 0) is 15.0 Å². The van der Waals surface area contributed by atoms with Gasteiger partial charge in [0.2, 0.25) is 0 Å². The molecule has 0 atom stereocenters. The molecule has 1 aliphatic carbocycles. The van der Waals surface area contributed by atoms with Crippen molar-refractivity contribution in [1.82, 2.24) is 4.90 Å². The van der Waals surface area contributed by atoms with E-state index in [0.29, 0.717) is 5.56 Å². The number of halogens is 3. The molecule has 22 heavy (non-hydrogen) atoms. The van der Waals surface area contributed by atoms with Crippen molar-refractivity contribution in [2.45, 2.75) is 24.4 Å². The van der Waals surface area contributed by atoms with E-state index in [1.165, 1.54) is 0 Å². The van der Waals surface area contributed by atoms with Crippen LogP contribution in [0.25, 0.3) is 0 Å². The molecule has 1 amide bonds. The van der Waals surface area contributed by atoms with Gasteiger partial charge in [-0.3, -0.25) is 9.59 Å². The summed E-state index contributed by atoms with van der Waals surface area (Å²) >= 11 is 0. The number of amides is 1. The van der Waals surface area contributed by atoms with Gasteiger partial charge in [0.15, 0.2) is 0 Å². The highest BCUT2D eigenvalue weighted by Crippen LogP contribution is 2.60. The fourth-order valence-corrected chi connectivity index (χ4v) is 3.77. The minimum Gasteiger partial charge on any atom is -0.481 e.